The molecule has 2 atom stereocenters. The van der Waals surface area contributed by atoms with Gasteiger partial charge in [-0.25, -0.2) is 12.8 Å². The highest BCUT2D eigenvalue weighted by molar-refractivity contribution is 9.10. The maximum atomic E-state index is 13.7. The summed E-state index contributed by atoms with van der Waals surface area (Å²) in [6.45, 7) is 0.677. The minimum atomic E-state index is -4.23. The fourth-order valence-corrected chi connectivity index (χ4v) is 4.60. The molecule has 114 valence electrons. The molecule has 1 aromatic carbocycles. The van der Waals surface area contributed by atoms with Gasteiger partial charge in [-0.2, -0.15) is 0 Å². The van der Waals surface area contributed by atoms with Crippen LogP contribution in [0.4, 0.5) is 4.39 Å². The number of piperidine rings is 1. The minimum absolute atomic E-state index is 0.128. The zero-order chi connectivity index (χ0) is 15.4. The Kier molecular flexibility index (Phi) is 3.78. The molecule has 2 aliphatic rings. The molecule has 1 amide bonds. The predicted octanol–water partition coefficient (Wildman–Crippen LogP) is 3.14. The van der Waals surface area contributed by atoms with Crippen LogP contribution in [0.2, 0.25) is 0 Å². The average Bonchev–Trinajstić information content (AvgIpc) is 2.98. The van der Waals surface area contributed by atoms with Crippen molar-refractivity contribution in [3.8, 4) is 0 Å². The van der Waals surface area contributed by atoms with Crippen molar-refractivity contribution in [2.75, 3.05) is 6.54 Å². The summed E-state index contributed by atoms with van der Waals surface area (Å²) in [5.41, 5.74) is 0.128. The molecule has 4 nitrogen and oxygen atoms in total. The summed E-state index contributed by atoms with van der Waals surface area (Å²) in [4.78, 5) is 13.7. The molecule has 1 heterocycles. The van der Waals surface area contributed by atoms with Crippen LogP contribution in [0.25, 0.3) is 0 Å². The number of hydrogen-bond acceptors (Lipinski definition) is 3. The number of rotatable bonds is 2. The Balaban J connectivity index is 2.00. The van der Waals surface area contributed by atoms with Gasteiger partial charge in [-0.15, -0.1) is 0 Å². The van der Waals surface area contributed by atoms with E-state index < -0.39 is 19.8 Å². The van der Waals surface area contributed by atoms with E-state index in [4.69, 9.17) is 10.7 Å². The molecule has 0 radical (unpaired) electrons. The third-order valence-corrected chi connectivity index (χ3v) is 6.18. The smallest absolute Gasteiger partial charge is 0.264 e. The van der Waals surface area contributed by atoms with E-state index in [2.05, 4.69) is 15.9 Å². The fraction of sp³-hybridized carbons (Fsp3) is 0.462. The van der Waals surface area contributed by atoms with Gasteiger partial charge < -0.3 is 4.90 Å². The number of halogens is 3. The first kappa shape index (κ1) is 15.2. The van der Waals surface area contributed by atoms with Gasteiger partial charge in [0.05, 0.1) is 5.56 Å². The first-order chi connectivity index (χ1) is 9.77. The van der Waals surface area contributed by atoms with Crippen molar-refractivity contribution in [3.05, 3.63) is 28.0 Å². The van der Waals surface area contributed by atoms with Crippen molar-refractivity contribution in [1.29, 1.82) is 0 Å². The standard InChI is InChI=1S/C13H12BrClFNO3S/c14-10-5-11(16)12(21(15,19)20)4-9(10)13(18)17-6-7-1-2-8(17)3-7/h4-5,7-8H,1-3,6H2. The van der Waals surface area contributed by atoms with Crippen molar-refractivity contribution >= 4 is 41.6 Å². The molecule has 1 aliphatic carbocycles. The molecule has 2 bridgehead atoms. The molecule has 21 heavy (non-hydrogen) atoms. The SMILES string of the molecule is O=C(c1cc(S(=O)(=O)Cl)c(F)cc1Br)N1CC2CCC1C2. The van der Waals surface area contributed by atoms with Gasteiger partial charge in [-0.3, -0.25) is 4.79 Å². The van der Waals surface area contributed by atoms with Crippen molar-refractivity contribution in [2.45, 2.75) is 30.2 Å². The number of likely N-dealkylation sites (tertiary alicyclic amines) is 1. The van der Waals surface area contributed by atoms with E-state index in [1.165, 1.54) is 0 Å². The molecule has 1 saturated heterocycles. The minimum Gasteiger partial charge on any atom is -0.335 e. The third-order valence-electron chi connectivity index (χ3n) is 4.18. The largest absolute Gasteiger partial charge is 0.335 e. The maximum absolute atomic E-state index is 13.7. The van der Waals surface area contributed by atoms with E-state index in [1.807, 2.05) is 0 Å². The number of hydrogen-bond donors (Lipinski definition) is 0. The average molecular weight is 397 g/mol. The lowest BCUT2D eigenvalue weighted by molar-refractivity contribution is 0.0702. The number of nitrogens with zero attached hydrogens (tertiary/aromatic N) is 1. The summed E-state index contributed by atoms with van der Waals surface area (Å²) in [5.74, 6) is -0.735. The third kappa shape index (κ3) is 2.71. The molecule has 1 saturated carbocycles. The lowest BCUT2D eigenvalue weighted by Crippen LogP contribution is -2.37. The monoisotopic (exact) mass is 395 g/mol. The second-order valence-corrected chi connectivity index (χ2v) is 8.88. The molecule has 2 unspecified atom stereocenters. The van der Waals surface area contributed by atoms with Crippen LogP contribution in [0.1, 0.15) is 29.6 Å². The molecule has 2 fully saturated rings. The van der Waals surface area contributed by atoms with Crippen molar-refractivity contribution in [3.63, 3.8) is 0 Å². The Morgan fingerprint density at radius 1 is 1.38 bits per heavy atom. The summed E-state index contributed by atoms with van der Waals surface area (Å²) < 4.78 is 36.7. The van der Waals surface area contributed by atoms with Crippen molar-refractivity contribution in [1.82, 2.24) is 4.90 Å². The molecule has 0 N–H and O–H groups in total. The van der Waals surface area contributed by atoms with E-state index in [0.29, 0.717) is 12.5 Å². The Bertz CT molecular complexity index is 724. The van der Waals surface area contributed by atoms with Crippen LogP contribution in [0.3, 0.4) is 0 Å². The highest BCUT2D eigenvalue weighted by atomic mass is 79.9. The predicted molar refractivity (Wildman–Crippen MR) is 79.3 cm³/mol. The molecular weight excluding hydrogens is 385 g/mol. The fourth-order valence-electron chi connectivity index (χ4n) is 3.21. The van der Waals surface area contributed by atoms with E-state index in [0.717, 1.165) is 31.4 Å². The van der Waals surface area contributed by atoms with Crippen LogP contribution in [0.5, 0.6) is 0 Å². The molecule has 8 heteroatoms. The molecule has 1 aromatic rings. The summed E-state index contributed by atoms with van der Waals surface area (Å²) in [5, 5.41) is 0. The van der Waals surface area contributed by atoms with Gasteiger partial charge >= 0.3 is 0 Å². The van der Waals surface area contributed by atoms with Crippen LogP contribution >= 0.6 is 26.6 Å². The highest BCUT2D eigenvalue weighted by Gasteiger charge is 2.41. The summed E-state index contributed by atoms with van der Waals surface area (Å²) in [6.07, 6.45) is 3.08. The van der Waals surface area contributed by atoms with Gasteiger partial charge in [-0.1, -0.05) is 0 Å². The molecule has 0 aromatic heterocycles. The number of amides is 1. The van der Waals surface area contributed by atoms with Gasteiger partial charge in [0.1, 0.15) is 10.7 Å². The Morgan fingerprint density at radius 3 is 2.62 bits per heavy atom. The quantitative estimate of drug-likeness (QED) is 0.722. The van der Waals surface area contributed by atoms with Crippen LogP contribution in [-0.4, -0.2) is 31.8 Å². The van der Waals surface area contributed by atoms with Crippen LogP contribution in [0, 0.1) is 11.7 Å². The second-order valence-electron chi connectivity index (χ2n) is 5.49. The first-order valence-electron chi connectivity index (χ1n) is 6.52. The van der Waals surface area contributed by atoms with Gasteiger partial charge in [0.2, 0.25) is 0 Å². The van der Waals surface area contributed by atoms with Crippen molar-refractivity contribution in [2.24, 2.45) is 5.92 Å². The van der Waals surface area contributed by atoms with Crippen LogP contribution < -0.4 is 0 Å². The number of carbonyl (C=O) groups excluding carboxylic acids is 1. The topological polar surface area (TPSA) is 54.5 Å². The van der Waals surface area contributed by atoms with E-state index >= 15 is 0 Å². The van der Waals surface area contributed by atoms with Gasteiger partial charge in [0.25, 0.3) is 15.0 Å². The lowest BCUT2D eigenvalue weighted by atomic mass is 10.1. The van der Waals surface area contributed by atoms with Gasteiger partial charge in [0, 0.05) is 27.7 Å². The van der Waals surface area contributed by atoms with Gasteiger partial charge in [-0.05, 0) is 53.2 Å². The number of carbonyl (C=O) groups is 1. The molecule has 1 aliphatic heterocycles. The molecular formula is C13H12BrClFNO3S. The number of fused-ring (bicyclic) bond motifs is 2. The summed E-state index contributed by atoms with van der Waals surface area (Å²) >= 11 is 3.12. The summed E-state index contributed by atoms with van der Waals surface area (Å²) in [7, 11) is 0.973. The Morgan fingerprint density at radius 2 is 2.10 bits per heavy atom. The first-order valence-corrected chi connectivity index (χ1v) is 9.62. The Labute approximate surface area is 134 Å². The zero-order valence-corrected chi connectivity index (χ0v) is 14.0. The highest BCUT2D eigenvalue weighted by Crippen LogP contribution is 2.39. The maximum Gasteiger partial charge on any atom is 0.264 e. The summed E-state index contributed by atoms with van der Waals surface area (Å²) in [6, 6.07) is 2.18. The van der Waals surface area contributed by atoms with E-state index in [1.54, 1.807) is 4.90 Å². The van der Waals surface area contributed by atoms with E-state index in [-0.39, 0.29) is 22.0 Å². The Hall–Kier alpha value is -0.660. The van der Waals surface area contributed by atoms with Gasteiger partial charge in [0.15, 0.2) is 0 Å². The zero-order valence-electron chi connectivity index (χ0n) is 10.9. The van der Waals surface area contributed by atoms with Crippen LogP contribution in [-0.2, 0) is 9.05 Å². The van der Waals surface area contributed by atoms with Crippen LogP contribution in [0.15, 0.2) is 21.5 Å². The molecule has 3 rings (SSSR count). The van der Waals surface area contributed by atoms with Crippen molar-refractivity contribution < 1.29 is 17.6 Å². The number of benzene rings is 1. The van der Waals surface area contributed by atoms with E-state index in [9.17, 15) is 17.6 Å². The second kappa shape index (κ2) is 5.21. The lowest BCUT2D eigenvalue weighted by Gasteiger charge is -2.27. The normalized spacial score (nSPS) is 24.6. The molecule has 0 spiro atoms.